The maximum atomic E-state index is 13.5. The predicted octanol–water partition coefficient (Wildman–Crippen LogP) is 6.10. The minimum absolute atomic E-state index is 0.185. The fourth-order valence-electron chi connectivity index (χ4n) is 3.27. The molecule has 168 valence electrons. The lowest BCUT2D eigenvalue weighted by molar-refractivity contribution is -0.115. The Bertz CT molecular complexity index is 1250. The molecule has 1 aromatic heterocycles. The first kappa shape index (κ1) is 22.9. The molecule has 4 aromatic rings. The minimum Gasteiger partial charge on any atom is -0.492 e. The normalized spacial score (nSPS) is 11.7. The molecule has 1 unspecified atom stereocenters. The van der Waals surface area contributed by atoms with Gasteiger partial charge in [0.1, 0.15) is 17.3 Å². The number of thioether (sulfide) groups is 1. The second-order valence-electron chi connectivity index (χ2n) is 7.24. The zero-order valence-corrected chi connectivity index (χ0v) is 19.8. The van der Waals surface area contributed by atoms with Crippen molar-refractivity contribution >= 4 is 35.0 Å². The summed E-state index contributed by atoms with van der Waals surface area (Å²) in [6, 6.07) is 22.7. The molecule has 0 aliphatic carbocycles. The van der Waals surface area contributed by atoms with Crippen LogP contribution in [0.1, 0.15) is 23.3 Å². The van der Waals surface area contributed by atoms with Crippen LogP contribution in [0.25, 0.3) is 5.69 Å². The topological polar surface area (TPSA) is 69.0 Å². The number of ether oxygens (including phenoxy) is 1. The van der Waals surface area contributed by atoms with E-state index in [1.54, 1.807) is 6.33 Å². The molecule has 4 rings (SSSR count). The average molecular weight is 479 g/mol. The molecule has 0 bridgehead atoms. The number of aryl methyl sites for hydroxylation is 1. The van der Waals surface area contributed by atoms with Gasteiger partial charge in [-0.25, -0.2) is 0 Å². The summed E-state index contributed by atoms with van der Waals surface area (Å²) in [6.07, 6.45) is 1.62. The molecular weight excluding hydrogens is 456 g/mol. The lowest BCUT2D eigenvalue weighted by Crippen LogP contribution is -2.20. The Kier molecular flexibility index (Phi) is 7.32. The number of hydrogen-bond acceptors (Lipinski definition) is 5. The molecule has 1 heterocycles. The quantitative estimate of drug-likeness (QED) is 0.310. The van der Waals surface area contributed by atoms with Crippen molar-refractivity contribution in [1.29, 1.82) is 0 Å². The van der Waals surface area contributed by atoms with Crippen molar-refractivity contribution in [3.63, 3.8) is 0 Å². The van der Waals surface area contributed by atoms with Gasteiger partial charge in [0, 0.05) is 5.02 Å². The Balaban J connectivity index is 1.66. The Morgan fingerprint density at radius 3 is 2.64 bits per heavy atom. The number of nitrogens with zero attached hydrogens (tertiary/aromatic N) is 3. The van der Waals surface area contributed by atoms with Crippen LogP contribution in [0.15, 0.2) is 84.3 Å². The third-order valence-electron chi connectivity index (χ3n) is 4.96. The Morgan fingerprint density at radius 1 is 1.12 bits per heavy atom. The number of nitrogens with one attached hydrogen (secondary N) is 1. The van der Waals surface area contributed by atoms with Gasteiger partial charge < -0.3 is 10.1 Å². The van der Waals surface area contributed by atoms with Crippen molar-refractivity contribution in [3.8, 4) is 11.4 Å². The number of anilines is 1. The Labute approximate surface area is 202 Å². The lowest BCUT2D eigenvalue weighted by atomic mass is 10.1. The van der Waals surface area contributed by atoms with Gasteiger partial charge >= 0.3 is 0 Å². The van der Waals surface area contributed by atoms with Crippen LogP contribution in [0, 0.1) is 6.92 Å². The zero-order valence-electron chi connectivity index (χ0n) is 18.2. The highest BCUT2D eigenvalue weighted by Crippen LogP contribution is 2.37. The monoisotopic (exact) mass is 478 g/mol. The van der Waals surface area contributed by atoms with Gasteiger partial charge in [-0.15, -0.1) is 10.2 Å². The van der Waals surface area contributed by atoms with Gasteiger partial charge in [-0.1, -0.05) is 71.9 Å². The molecule has 0 fully saturated rings. The fourth-order valence-corrected chi connectivity index (χ4v) is 4.47. The maximum Gasteiger partial charge on any atom is 0.242 e. The largest absolute Gasteiger partial charge is 0.492 e. The summed E-state index contributed by atoms with van der Waals surface area (Å²) in [4.78, 5) is 13.5. The molecule has 0 aliphatic rings. The molecular formula is C25H23ClN4O2S. The van der Waals surface area contributed by atoms with Gasteiger partial charge in [-0.05, 0) is 49.2 Å². The van der Waals surface area contributed by atoms with Crippen molar-refractivity contribution < 1.29 is 9.53 Å². The van der Waals surface area contributed by atoms with Crippen LogP contribution in [0.2, 0.25) is 5.02 Å². The molecule has 0 aliphatic heterocycles. The summed E-state index contributed by atoms with van der Waals surface area (Å²) >= 11 is 7.65. The van der Waals surface area contributed by atoms with E-state index in [1.807, 2.05) is 91.2 Å². The van der Waals surface area contributed by atoms with Crippen molar-refractivity contribution in [3.05, 3.63) is 95.3 Å². The second kappa shape index (κ2) is 10.6. The van der Waals surface area contributed by atoms with Gasteiger partial charge in [-0.2, -0.15) is 0 Å². The summed E-state index contributed by atoms with van der Waals surface area (Å²) in [5, 5.41) is 12.0. The summed E-state index contributed by atoms with van der Waals surface area (Å²) < 4.78 is 7.49. The van der Waals surface area contributed by atoms with Crippen molar-refractivity contribution in [2.24, 2.45) is 0 Å². The Morgan fingerprint density at radius 2 is 1.88 bits per heavy atom. The summed E-state index contributed by atoms with van der Waals surface area (Å²) in [7, 11) is 0. The number of aromatic nitrogens is 3. The average Bonchev–Trinajstić information content (AvgIpc) is 3.29. The highest BCUT2D eigenvalue weighted by atomic mass is 35.5. The molecule has 0 spiro atoms. The number of para-hydroxylation sites is 2. The molecule has 1 amide bonds. The van der Waals surface area contributed by atoms with Crippen LogP contribution < -0.4 is 10.1 Å². The Hall–Kier alpha value is -3.29. The molecule has 0 radical (unpaired) electrons. The fraction of sp³-hybridized carbons (Fsp3) is 0.160. The second-order valence-corrected chi connectivity index (χ2v) is 8.72. The number of amides is 1. The lowest BCUT2D eigenvalue weighted by Gasteiger charge is -2.18. The van der Waals surface area contributed by atoms with Crippen LogP contribution in [0.4, 0.5) is 5.69 Å². The number of hydrogen-bond donors (Lipinski definition) is 1. The first-order valence-corrected chi connectivity index (χ1v) is 11.7. The molecule has 0 saturated carbocycles. The number of rotatable bonds is 8. The van der Waals surface area contributed by atoms with Crippen molar-refractivity contribution in [2.75, 3.05) is 11.9 Å². The van der Waals surface area contributed by atoms with Gasteiger partial charge in [-0.3, -0.25) is 9.36 Å². The molecule has 6 nitrogen and oxygen atoms in total. The van der Waals surface area contributed by atoms with Gasteiger partial charge in [0.2, 0.25) is 5.91 Å². The van der Waals surface area contributed by atoms with Gasteiger partial charge in [0.15, 0.2) is 5.16 Å². The van der Waals surface area contributed by atoms with Crippen LogP contribution in [-0.2, 0) is 4.79 Å². The predicted molar refractivity (Wildman–Crippen MR) is 132 cm³/mol. The standard InChI is InChI=1S/C25H23ClN4O2S/c1-3-32-22-12-8-7-11-21(22)28-24(31)23(18-9-5-4-6-10-18)33-25-29-27-16-30(25)19-14-13-17(2)20(26)15-19/h4-16,23H,3H2,1-2H3,(H,28,31). The third kappa shape index (κ3) is 5.38. The van der Waals surface area contributed by atoms with Gasteiger partial charge in [0.25, 0.3) is 0 Å². The molecule has 1 N–H and O–H groups in total. The van der Waals surface area contributed by atoms with E-state index < -0.39 is 5.25 Å². The molecule has 33 heavy (non-hydrogen) atoms. The van der Waals surface area contributed by atoms with Crippen molar-refractivity contribution in [1.82, 2.24) is 14.8 Å². The van der Waals surface area contributed by atoms with E-state index in [9.17, 15) is 4.79 Å². The third-order valence-corrected chi connectivity index (χ3v) is 6.58. The van der Waals surface area contributed by atoms with E-state index >= 15 is 0 Å². The number of halogens is 1. The maximum absolute atomic E-state index is 13.5. The van der Waals surface area contributed by atoms with E-state index in [1.165, 1.54) is 11.8 Å². The van der Waals surface area contributed by atoms with E-state index in [0.717, 1.165) is 16.8 Å². The molecule has 3 aromatic carbocycles. The minimum atomic E-state index is -0.565. The summed E-state index contributed by atoms with van der Waals surface area (Å²) in [5.74, 6) is 0.442. The summed E-state index contributed by atoms with van der Waals surface area (Å²) in [6.45, 7) is 4.36. The SMILES string of the molecule is CCOc1ccccc1NC(=O)C(Sc1nncn1-c1ccc(C)c(Cl)c1)c1ccccc1. The van der Waals surface area contributed by atoms with E-state index in [2.05, 4.69) is 15.5 Å². The number of benzene rings is 3. The van der Waals surface area contributed by atoms with Crippen molar-refractivity contribution in [2.45, 2.75) is 24.3 Å². The van der Waals surface area contributed by atoms with E-state index in [-0.39, 0.29) is 5.91 Å². The van der Waals surface area contributed by atoms with Crippen LogP contribution in [-0.4, -0.2) is 27.3 Å². The smallest absolute Gasteiger partial charge is 0.242 e. The zero-order chi connectivity index (χ0) is 23.2. The number of carbonyl (C=O) groups excluding carboxylic acids is 1. The van der Waals surface area contributed by atoms with Crippen LogP contribution in [0.5, 0.6) is 5.75 Å². The van der Waals surface area contributed by atoms with E-state index in [4.69, 9.17) is 16.3 Å². The summed E-state index contributed by atoms with van der Waals surface area (Å²) in [5.41, 5.74) is 3.28. The highest BCUT2D eigenvalue weighted by Gasteiger charge is 2.26. The number of carbonyl (C=O) groups is 1. The molecule has 1 atom stereocenters. The molecule has 0 saturated heterocycles. The molecule has 8 heteroatoms. The van der Waals surface area contributed by atoms with Crippen LogP contribution >= 0.6 is 23.4 Å². The van der Waals surface area contributed by atoms with Gasteiger partial charge in [0.05, 0.1) is 18.0 Å². The van der Waals surface area contributed by atoms with Crippen LogP contribution in [0.3, 0.4) is 0 Å². The highest BCUT2D eigenvalue weighted by molar-refractivity contribution is 8.00. The van der Waals surface area contributed by atoms with E-state index in [0.29, 0.717) is 28.2 Å². The first-order valence-electron chi connectivity index (χ1n) is 10.5. The first-order chi connectivity index (χ1) is 16.1.